The van der Waals surface area contributed by atoms with Gasteiger partial charge in [-0.2, -0.15) is 0 Å². The highest BCUT2D eigenvalue weighted by Gasteiger charge is 2.09. The number of thiazole rings is 1. The fourth-order valence-corrected chi connectivity index (χ4v) is 2.84. The van der Waals surface area contributed by atoms with E-state index >= 15 is 0 Å². The first-order chi connectivity index (χ1) is 9.72. The molecule has 0 radical (unpaired) electrons. The maximum atomic E-state index is 5.35. The second-order valence-electron chi connectivity index (χ2n) is 4.34. The zero-order chi connectivity index (χ0) is 14.1. The van der Waals surface area contributed by atoms with Gasteiger partial charge < -0.3 is 4.74 Å². The zero-order valence-electron chi connectivity index (χ0n) is 11.2. The van der Waals surface area contributed by atoms with Crippen LogP contribution in [0, 0.1) is 19.3 Å². The summed E-state index contributed by atoms with van der Waals surface area (Å²) in [6, 6.07) is 7.97. The molecule has 0 aliphatic heterocycles. The van der Waals surface area contributed by atoms with Crippen molar-refractivity contribution in [2.75, 3.05) is 7.11 Å². The summed E-state index contributed by atoms with van der Waals surface area (Å²) in [5.41, 5.74) is 3.44. The molecule has 2 aromatic heterocycles. The van der Waals surface area contributed by atoms with E-state index in [0.29, 0.717) is 5.69 Å². The number of benzene rings is 1. The molecule has 0 saturated heterocycles. The van der Waals surface area contributed by atoms with Crippen LogP contribution in [0.4, 0.5) is 0 Å². The van der Waals surface area contributed by atoms with Gasteiger partial charge in [0.2, 0.25) is 0 Å². The highest BCUT2D eigenvalue weighted by atomic mass is 32.1. The highest BCUT2D eigenvalue weighted by Crippen LogP contribution is 2.29. The van der Waals surface area contributed by atoms with Gasteiger partial charge in [-0.25, -0.2) is 9.97 Å². The van der Waals surface area contributed by atoms with Gasteiger partial charge in [0.1, 0.15) is 16.5 Å². The van der Waals surface area contributed by atoms with Crippen molar-refractivity contribution in [3.8, 4) is 28.8 Å². The molecule has 4 heteroatoms. The van der Waals surface area contributed by atoms with Crippen LogP contribution in [0.25, 0.3) is 21.6 Å². The number of hydrogen-bond acceptors (Lipinski definition) is 4. The molecule has 0 unspecified atom stereocenters. The van der Waals surface area contributed by atoms with Crippen molar-refractivity contribution in [3.05, 3.63) is 40.9 Å². The lowest BCUT2D eigenvalue weighted by Gasteiger charge is -2.08. The predicted octanol–water partition coefficient (Wildman–Crippen LogP) is 3.66. The SMILES string of the molecule is C#Cc1csc(-c2ccc3ccc(OC)c(C)c3n2)n1. The van der Waals surface area contributed by atoms with Gasteiger partial charge in [0.05, 0.1) is 18.3 Å². The van der Waals surface area contributed by atoms with Gasteiger partial charge in [-0.3, -0.25) is 0 Å². The average molecular weight is 280 g/mol. The predicted molar refractivity (Wildman–Crippen MR) is 82.1 cm³/mol. The van der Waals surface area contributed by atoms with E-state index in [2.05, 4.69) is 10.9 Å². The summed E-state index contributed by atoms with van der Waals surface area (Å²) in [4.78, 5) is 9.07. The number of pyridine rings is 1. The summed E-state index contributed by atoms with van der Waals surface area (Å²) in [6.45, 7) is 2.01. The van der Waals surface area contributed by atoms with Gasteiger partial charge in [0.15, 0.2) is 0 Å². The van der Waals surface area contributed by atoms with Gasteiger partial charge in [-0.05, 0) is 31.0 Å². The van der Waals surface area contributed by atoms with Crippen LogP contribution in [0.1, 0.15) is 11.3 Å². The van der Waals surface area contributed by atoms with E-state index in [-0.39, 0.29) is 0 Å². The number of ether oxygens (including phenoxy) is 1. The van der Waals surface area contributed by atoms with E-state index in [1.807, 2.05) is 36.6 Å². The summed E-state index contributed by atoms with van der Waals surface area (Å²) in [6.07, 6.45) is 5.35. The molecule has 0 aliphatic rings. The average Bonchev–Trinajstić information content (AvgIpc) is 2.96. The van der Waals surface area contributed by atoms with Crippen molar-refractivity contribution >= 4 is 22.2 Å². The van der Waals surface area contributed by atoms with Crippen molar-refractivity contribution in [1.82, 2.24) is 9.97 Å². The van der Waals surface area contributed by atoms with Crippen LogP contribution in [0.3, 0.4) is 0 Å². The number of nitrogens with zero attached hydrogens (tertiary/aromatic N) is 2. The van der Waals surface area contributed by atoms with Crippen LogP contribution in [-0.4, -0.2) is 17.1 Å². The zero-order valence-corrected chi connectivity index (χ0v) is 12.0. The van der Waals surface area contributed by atoms with Gasteiger partial charge in [0, 0.05) is 16.3 Å². The first kappa shape index (κ1) is 12.6. The Balaban J connectivity index is 2.19. The number of terminal acetylenes is 1. The molecule has 3 aromatic rings. The van der Waals surface area contributed by atoms with Crippen LogP contribution in [0.2, 0.25) is 0 Å². The van der Waals surface area contributed by atoms with E-state index < -0.39 is 0 Å². The van der Waals surface area contributed by atoms with Gasteiger partial charge in [0.25, 0.3) is 0 Å². The summed E-state index contributed by atoms with van der Waals surface area (Å²) < 4.78 is 5.34. The van der Waals surface area contributed by atoms with Gasteiger partial charge >= 0.3 is 0 Å². The number of rotatable bonds is 2. The minimum absolute atomic E-state index is 0.647. The van der Waals surface area contributed by atoms with Crippen molar-refractivity contribution in [3.63, 3.8) is 0 Å². The molecule has 20 heavy (non-hydrogen) atoms. The summed E-state index contributed by atoms with van der Waals surface area (Å²) in [7, 11) is 1.66. The van der Waals surface area contributed by atoms with Crippen LogP contribution in [-0.2, 0) is 0 Å². The molecule has 98 valence electrons. The quantitative estimate of drug-likeness (QED) is 0.672. The monoisotopic (exact) mass is 280 g/mol. The summed E-state index contributed by atoms with van der Waals surface area (Å²) in [5, 5.41) is 3.78. The molecule has 0 amide bonds. The Morgan fingerprint density at radius 2 is 2.00 bits per heavy atom. The first-order valence-electron chi connectivity index (χ1n) is 6.10. The smallest absolute Gasteiger partial charge is 0.143 e. The van der Waals surface area contributed by atoms with Crippen LogP contribution in [0.15, 0.2) is 29.6 Å². The minimum Gasteiger partial charge on any atom is -0.496 e. The molecule has 0 atom stereocenters. The molecule has 0 saturated carbocycles. The Hall–Kier alpha value is -2.38. The molecular formula is C16H12N2OS. The maximum absolute atomic E-state index is 5.35. The molecule has 2 heterocycles. The van der Waals surface area contributed by atoms with Crippen molar-refractivity contribution in [2.24, 2.45) is 0 Å². The third-order valence-corrected chi connectivity index (χ3v) is 4.02. The molecule has 0 aliphatic carbocycles. The number of hydrogen-bond donors (Lipinski definition) is 0. The van der Waals surface area contributed by atoms with E-state index in [1.165, 1.54) is 11.3 Å². The number of methoxy groups -OCH3 is 1. The Labute approximate surface area is 121 Å². The van der Waals surface area contributed by atoms with Gasteiger partial charge in [-0.15, -0.1) is 17.8 Å². The second-order valence-corrected chi connectivity index (χ2v) is 5.20. The van der Waals surface area contributed by atoms with E-state index in [4.69, 9.17) is 16.1 Å². The number of aryl methyl sites for hydroxylation is 1. The molecule has 0 bridgehead atoms. The van der Waals surface area contributed by atoms with Crippen LogP contribution < -0.4 is 4.74 Å². The fraction of sp³-hybridized carbons (Fsp3) is 0.125. The molecule has 3 rings (SSSR count). The Kier molecular flexibility index (Phi) is 3.13. The largest absolute Gasteiger partial charge is 0.496 e. The number of fused-ring (bicyclic) bond motifs is 1. The molecule has 0 N–H and O–H groups in total. The number of aromatic nitrogens is 2. The van der Waals surface area contributed by atoms with Crippen molar-refractivity contribution in [1.29, 1.82) is 0 Å². The minimum atomic E-state index is 0.647. The van der Waals surface area contributed by atoms with Crippen molar-refractivity contribution in [2.45, 2.75) is 6.92 Å². The third kappa shape index (κ3) is 2.02. The first-order valence-corrected chi connectivity index (χ1v) is 6.97. The topological polar surface area (TPSA) is 35.0 Å². The van der Waals surface area contributed by atoms with Crippen molar-refractivity contribution < 1.29 is 4.74 Å². The van der Waals surface area contributed by atoms with E-state index in [0.717, 1.165) is 32.9 Å². The normalized spacial score (nSPS) is 10.4. The molecule has 0 fully saturated rings. The Morgan fingerprint density at radius 3 is 2.70 bits per heavy atom. The lowest BCUT2D eigenvalue weighted by Crippen LogP contribution is -1.92. The van der Waals surface area contributed by atoms with E-state index in [9.17, 15) is 0 Å². The van der Waals surface area contributed by atoms with Crippen LogP contribution >= 0.6 is 11.3 Å². The van der Waals surface area contributed by atoms with Crippen LogP contribution in [0.5, 0.6) is 5.75 Å². The molecule has 0 spiro atoms. The summed E-state index contributed by atoms with van der Waals surface area (Å²) >= 11 is 1.50. The standard InChI is InChI=1S/C16H12N2OS/c1-4-12-9-20-16(17-12)13-7-5-11-6-8-14(19-3)10(2)15(11)18-13/h1,5-9H,2-3H3. The highest BCUT2D eigenvalue weighted by molar-refractivity contribution is 7.13. The Morgan fingerprint density at radius 1 is 1.20 bits per heavy atom. The Bertz CT molecular complexity index is 830. The third-order valence-electron chi connectivity index (χ3n) is 3.16. The maximum Gasteiger partial charge on any atom is 0.143 e. The van der Waals surface area contributed by atoms with Gasteiger partial charge in [-0.1, -0.05) is 6.07 Å². The molecular weight excluding hydrogens is 268 g/mol. The summed E-state index contributed by atoms with van der Waals surface area (Å²) in [5.74, 6) is 3.37. The van der Waals surface area contributed by atoms with E-state index in [1.54, 1.807) is 7.11 Å². The molecule has 3 nitrogen and oxygen atoms in total. The fourth-order valence-electron chi connectivity index (χ4n) is 2.11. The molecule has 1 aromatic carbocycles. The lowest BCUT2D eigenvalue weighted by molar-refractivity contribution is 0.412. The lowest BCUT2D eigenvalue weighted by atomic mass is 10.1. The second kappa shape index (κ2) is 4.95.